The lowest BCUT2D eigenvalue weighted by Crippen LogP contribution is -2.05. The third kappa shape index (κ3) is 1.40. The molecule has 1 aromatic heterocycles. The van der Waals surface area contributed by atoms with Crippen molar-refractivity contribution in [3.05, 3.63) is 29.5 Å². The molecule has 0 bridgehead atoms. The Hall–Kier alpha value is -1.68. The Kier molecular flexibility index (Phi) is 2.05. The van der Waals surface area contributed by atoms with E-state index in [4.69, 9.17) is 11.5 Å². The van der Waals surface area contributed by atoms with Gasteiger partial charge < -0.3 is 11.5 Å². The average Bonchev–Trinajstić information content (AvgIpc) is 2.17. The SMILES string of the molecule is Cc1ccc2nc(N)nc(CN)c2c1. The van der Waals surface area contributed by atoms with Crippen LogP contribution in [0.2, 0.25) is 0 Å². The highest BCUT2D eigenvalue weighted by Gasteiger charge is 2.04. The van der Waals surface area contributed by atoms with Crippen molar-refractivity contribution >= 4 is 16.9 Å². The van der Waals surface area contributed by atoms with Crippen LogP contribution in [0, 0.1) is 6.92 Å². The van der Waals surface area contributed by atoms with Crippen LogP contribution in [0.1, 0.15) is 11.3 Å². The predicted molar refractivity (Wildman–Crippen MR) is 56.6 cm³/mol. The van der Waals surface area contributed by atoms with Gasteiger partial charge in [0.15, 0.2) is 0 Å². The zero-order chi connectivity index (χ0) is 10.1. The van der Waals surface area contributed by atoms with Gasteiger partial charge in [-0.05, 0) is 19.1 Å². The van der Waals surface area contributed by atoms with Crippen molar-refractivity contribution in [3.63, 3.8) is 0 Å². The third-order valence-corrected chi connectivity index (χ3v) is 2.14. The number of aromatic nitrogens is 2. The highest BCUT2D eigenvalue weighted by atomic mass is 15.0. The lowest BCUT2D eigenvalue weighted by molar-refractivity contribution is 0.997. The van der Waals surface area contributed by atoms with Crippen LogP contribution >= 0.6 is 0 Å². The fourth-order valence-corrected chi connectivity index (χ4v) is 1.48. The number of aryl methyl sites for hydroxylation is 1. The van der Waals surface area contributed by atoms with E-state index in [1.165, 1.54) is 5.56 Å². The Morgan fingerprint density at radius 3 is 2.79 bits per heavy atom. The molecule has 14 heavy (non-hydrogen) atoms. The molecule has 1 aromatic carbocycles. The number of fused-ring (bicyclic) bond motifs is 1. The number of nitrogens with two attached hydrogens (primary N) is 2. The molecule has 0 spiro atoms. The normalized spacial score (nSPS) is 10.7. The first kappa shape index (κ1) is 8.90. The molecule has 0 unspecified atom stereocenters. The van der Waals surface area contributed by atoms with E-state index < -0.39 is 0 Å². The van der Waals surface area contributed by atoms with E-state index in [-0.39, 0.29) is 5.95 Å². The number of hydrogen-bond acceptors (Lipinski definition) is 4. The number of anilines is 1. The molecule has 0 amide bonds. The first-order valence-corrected chi connectivity index (χ1v) is 4.43. The largest absolute Gasteiger partial charge is 0.368 e. The summed E-state index contributed by atoms with van der Waals surface area (Å²) in [6.07, 6.45) is 0. The average molecular weight is 188 g/mol. The molecule has 0 radical (unpaired) electrons. The van der Waals surface area contributed by atoms with E-state index in [1.54, 1.807) is 0 Å². The van der Waals surface area contributed by atoms with Crippen LogP contribution in [0.4, 0.5) is 5.95 Å². The van der Waals surface area contributed by atoms with Gasteiger partial charge >= 0.3 is 0 Å². The molecular formula is C10H12N4. The van der Waals surface area contributed by atoms with Crippen molar-refractivity contribution < 1.29 is 0 Å². The van der Waals surface area contributed by atoms with Crippen LogP contribution in [0.15, 0.2) is 18.2 Å². The van der Waals surface area contributed by atoms with Crippen molar-refractivity contribution in [1.29, 1.82) is 0 Å². The minimum atomic E-state index is 0.279. The summed E-state index contributed by atoms with van der Waals surface area (Å²) in [6.45, 7) is 2.41. The van der Waals surface area contributed by atoms with Gasteiger partial charge in [-0.25, -0.2) is 9.97 Å². The Morgan fingerprint density at radius 1 is 1.29 bits per heavy atom. The van der Waals surface area contributed by atoms with Gasteiger partial charge in [-0.15, -0.1) is 0 Å². The van der Waals surface area contributed by atoms with Gasteiger partial charge in [-0.3, -0.25) is 0 Å². The Balaban J connectivity index is 2.81. The van der Waals surface area contributed by atoms with Crippen molar-refractivity contribution in [2.24, 2.45) is 5.73 Å². The quantitative estimate of drug-likeness (QED) is 0.699. The molecule has 0 saturated carbocycles. The van der Waals surface area contributed by atoms with E-state index in [2.05, 4.69) is 9.97 Å². The molecule has 4 nitrogen and oxygen atoms in total. The third-order valence-electron chi connectivity index (χ3n) is 2.14. The fraction of sp³-hybridized carbons (Fsp3) is 0.200. The molecule has 2 rings (SSSR count). The van der Waals surface area contributed by atoms with Crippen LogP contribution in [0.25, 0.3) is 10.9 Å². The summed E-state index contributed by atoms with van der Waals surface area (Å²) in [5.41, 5.74) is 14.0. The molecule has 2 aromatic rings. The summed E-state index contributed by atoms with van der Waals surface area (Å²) in [4.78, 5) is 8.24. The minimum absolute atomic E-state index is 0.279. The number of benzene rings is 1. The molecule has 0 fully saturated rings. The van der Waals surface area contributed by atoms with Gasteiger partial charge in [0.1, 0.15) is 0 Å². The smallest absolute Gasteiger partial charge is 0.220 e. The molecule has 0 saturated heterocycles. The molecule has 0 aliphatic heterocycles. The second-order valence-electron chi connectivity index (χ2n) is 3.25. The lowest BCUT2D eigenvalue weighted by Gasteiger charge is -2.04. The van der Waals surface area contributed by atoms with Crippen molar-refractivity contribution in [2.45, 2.75) is 13.5 Å². The summed E-state index contributed by atoms with van der Waals surface area (Å²) >= 11 is 0. The van der Waals surface area contributed by atoms with Crippen molar-refractivity contribution in [1.82, 2.24) is 9.97 Å². The second-order valence-corrected chi connectivity index (χ2v) is 3.25. The predicted octanol–water partition coefficient (Wildman–Crippen LogP) is 0.979. The van der Waals surface area contributed by atoms with Crippen LogP contribution < -0.4 is 11.5 Å². The zero-order valence-electron chi connectivity index (χ0n) is 7.99. The van der Waals surface area contributed by atoms with Gasteiger partial charge in [0, 0.05) is 11.9 Å². The molecule has 1 heterocycles. The van der Waals surface area contributed by atoms with Crippen LogP contribution in [-0.2, 0) is 6.54 Å². The van der Waals surface area contributed by atoms with E-state index in [0.29, 0.717) is 6.54 Å². The molecule has 72 valence electrons. The molecular weight excluding hydrogens is 176 g/mol. The van der Waals surface area contributed by atoms with Gasteiger partial charge in [0.2, 0.25) is 5.95 Å². The molecule has 0 aliphatic rings. The maximum absolute atomic E-state index is 5.59. The minimum Gasteiger partial charge on any atom is -0.368 e. The number of rotatable bonds is 1. The Bertz CT molecular complexity index is 479. The molecule has 0 aliphatic carbocycles. The van der Waals surface area contributed by atoms with E-state index >= 15 is 0 Å². The van der Waals surface area contributed by atoms with Crippen molar-refractivity contribution in [2.75, 3.05) is 5.73 Å². The van der Waals surface area contributed by atoms with Gasteiger partial charge in [0.05, 0.1) is 11.2 Å². The van der Waals surface area contributed by atoms with Gasteiger partial charge in [0.25, 0.3) is 0 Å². The zero-order valence-corrected chi connectivity index (χ0v) is 7.99. The van der Waals surface area contributed by atoms with E-state index in [0.717, 1.165) is 16.6 Å². The Morgan fingerprint density at radius 2 is 2.07 bits per heavy atom. The van der Waals surface area contributed by atoms with Crippen LogP contribution in [0.3, 0.4) is 0 Å². The first-order valence-electron chi connectivity index (χ1n) is 4.43. The van der Waals surface area contributed by atoms with Crippen LogP contribution in [0.5, 0.6) is 0 Å². The van der Waals surface area contributed by atoms with Crippen LogP contribution in [-0.4, -0.2) is 9.97 Å². The standard InChI is InChI=1S/C10H12N4/c1-6-2-3-8-7(4-6)9(5-11)14-10(12)13-8/h2-4H,5,11H2,1H3,(H2,12,13,14). The summed E-state index contributed by atoms with van der Waals surface area (Å²) in [6, 6.07) is 5.95. The van der Waals surface area contributed by atoms with Gasteiger partial charge in [-0.1, -0.05) is 11.6 Å². The monoisotopic (exact) mass is 188 g/mol. The summed E-state index contributed by atoms with van der Waals surface area (Å²) in [7, 11) is 0. The molecule has 4 N–H and O–H groups in total. The first-order chi connectivity index (χ1) is 6.70. The maximum Gasteiger partial charge on any atom is 0.220 e. The van der Waals surface area contributed by atoms with Crippen molar-refractivity contribution in [3.8, 4) is 0 Å². The van der Waals surface area contributed by atoms with E-state index in [1.807, 2.05) is 25.1 Å². The van der Waals surface area contributed by atoms with Gasteiger partial charge in [-0.2, -0.15) is 0 Å². The topological polar surface area (TPSA) is 77.8 Å². The molecule has 0 atom stereocenters. The summed E-state index contributed by atoms with van der Waals surface area (Å²) in [5.74, 6) is 0.279. The number of hydrogen-bond donors (Lipinski definition) is 2. The number of nitrogens with zero attached hydrogens (tertiary/aromatic N) is 2. The summed E-state index contributed by atoms with van der Waals surface area (Å²) in [5, 5.41) is 0.988. The highest BCUT2D eigenvalue weighted by Crippen LogP contribution is 2.17. The highest BCUT2D eigenvalue weighted by molar-refractivity contribution is 5.82. The second kappa shape index (κ2) is 3.23. The lowest BCUT2D eigenvalue weighted by atomic mass is 10.1. The Labute approximate surface area is 82.0 Å². The fourth-order valence-electron chi connectivity index (χ4n) is 1.48. The molecule has 4 heteroatoms. The van der Waals surface area contributed by atoms with E-state index in [9.17, 15) is 0 Å². The maximum atomic E-state index is 5.59. The summed E-state index contributed by atoms with van der Waals surface area (Å²) < 4.78 is 0. The number of nitrogen functional groups attached to an aromatic ring is 1.